The van der Waals surface area contributed by atoms with E-state index in [9.17, 15) is 22.8 Å². The summed E-state index contributed by atoms with van der Waals surface area (Å²) in [6.45, 7) is 0.471. The molecule has 0 spiro atoms. The van der Waals surface area contributed by atoms with Gasteiger partial charge in [0.1, 0.15) is 17.0 Å². The Morgan fingerprint density at radius 1 is 1.28 bits per heavy atom. The number of aromatic amines is 1. The zero-order chi connectivity index (χ0) is 18.6. The SMILES string of the molecule is CSCCOc1ccc(-c2cc(C(N)=O)c(=O)[nH]c2C(F)(F)F)cc1. The summed E-state index contributed by atoms with van der Waals surface area (Å²) in [6, 6.07) is 6.73. The second-order valence-electron chi connectivity index (χ2n) is 5.03. The number of carbonyl (C=O) groups excluding carboxylic acids is 1. The van der Waals surface area contributed by atoms with Crippen molar-refractivity contribution in [2.75, 3.05) is 18.6 Å². The van der Waals surface area contributed by atoms with E-state index in [1.54, 1.807) is 16.7 Å². The maximum absolute atomic E-state index is 13.2. The van der Waals surface area contributed by atoms with Crippen molar-refractivity contribution in [2.24, 2.45) is 5.73 Å². The van der Waals surface area contributed by atoms with Crippen LogP contribution in [0.1, 0.15) is 16.1 Å². The van der Waals surface area contributed by atoms with Crippen LogP contribution >= 0.6 is 11.8 Å². The smallest absolute Gasteiger partial charge is 0.431 e. The molecule has 0 saturated heterocycles. The molecule has 1 aromatic heterocycles. The average molecular weight is 372 g/mol. The Kier molecular flexibility index (Phi) is 5.78. The number of pyridine rings is 1. The predicted molar refractivity (Wildman–Crippen MR) is 89.9 cm³/mol. The maximum atomic E-state index is 13.2. The summed E-state index contributed by atoms with van der Waals surface area (Å²) >= 11 is 1.60. The maximum Gasteiger partial charge on any atom is 0.431 e. The van der Waals surface area contributed by atoms with Gasteiger partial charge in [-0.05, 0) is 30.0 Å². The summed E-state index contributed by atoms with van der Waals surface area (Å²) in [5.74, 6) is 0.182. The fourth-order valence-corrected chi connectivity index (χ4v) is 2.39. The number of halogens is 3. The van der Waals surface area contributed by atoms with Crippen molar-refractivity contribution in [2.45, 2.75) is 6.18 Å². The summed E-state index contributed by atoms with van der Waals surface area (Å²) in [5, 5.41) is 0. The van der Waals surface area contributed by atoms with Gasteiger partial charge >= 0.3 is 6.18 Å². The third-order valence-corrected chi connectivity index (χ3v) is 3.89. The fourth-order valence-electron chi connectivity index (χ4n) is 2.14. The van der Waals surface area contributed by atoms with Crippen LogP contribution in [0.5, 0.6) is 5.75 Å². The molecule has 0 saturated carbocycles. The van der Waals surface area contributed by atoms with Crippen LogP contribution in [-0.2, 0) is 6.18 Å². The van der Waals surface area contributed by atoms with Gasteiger partial charge in [0.25, 0.3) is 11.5 Å². The molecule has 0 aliphatic carbocycles. The van der Waals surface area contributed by atoms with Gasteiger partial charge in [0.15, 0.2) is 0 Å². The number of carbonyl (C=O) groups is 1. The number of alkyl halides is 3. The van der Waals surface area contributed by atoms with E-state index in [0.717, 1.165) is 11.8 Å². The van der Waals surface area contributed by atoms with Crippen molar-refractivity contribution < 1.29 is 22.7 Å². The molecule has 9 heteroatoms. The number of primary amides is 1. The summed E-state index contributed by atoms with van der Waals surface area (Å²) in [7, 11) is 0. The van der Waals surface area contributed by atoms with Gasteiger partial charge < -0.3 is 15.5 Å². The number of nitrogens with one attached hydrogen (secondary N) is 1. The van der Waals surface area contributed by atoms with E-state index in [0.29, 0.717) is 12.4 Å². The minimum Gasteiger partial charge on any atom is -0.493 e. The predicted octanol–water partition coefficient (Wildman–Crippen LogP) is 2.90. The number of thioether (sulfide) groups is 1. The molecule has 25 heavy (non-hydrogen) atoms. The van der Waals surface area contributed by atoms with Crippen molar-refractivity contribution in [3.05, 3.63) is 51.9 Å². The monoisotopic (exact) mass is 372 g/mol. The van der Waals surface area contributed by atoms with E-state index in [1.165, 1.54) is 24.3 Å². The highest BCUT2D eigenvalue weighted by Gasteiger charge is 2.36. The molecule has 0 aliphatic heterocycles. The number of H-pyrrole nitrogens is 1. The molecule has 1 amide bonds. The first kappa shape index (κ1) is 18.9. The zero-order valence-electron chi connectivity index (χ0n) is 13.1. The van der Waals surface area contributed by atoms with E-state index < -0.39 is 28.9 Å². The molecule has 0 aliphatic rings. The molecular formula is C16H15F3N2O3S. The van der Waals surface area contributed by atoms with Gasteiger partial charge in [-0.25, -0.2) is 0 Å². The van der Waals surface area contributed by atoms with Gasteiger partial charge in [-0.15, -0.1) is 0 Å². The molecule has 134 valence electrons. The number of rotatable bonds is 6. The van der Waals surface area contributed by atoms with E-state index in [4.69, 9.17) is 10.5 Å². The number of nitrogens with two attached hydrogens (primary N) is 1. The molecule has 5 nitrogen and oxygen atoms in total. The normalized spacial score (nSPS) is 11.4. The van der Waals surface area contributed by atoms with Gasteiger partial charge in [0.05, 0.1) is 6.61 Å². The number of amides is 1. The molecule has 2 aromatic rings. The lowest BCUT2D eigenvalue weighted by atomic mass is 10.0. The second-order valence-corrected chi connectivity index (χ2v) is 6.01. The van der Waals surface area contributed by atoms with Crippen LogP contribution in [0.2, 0.25) is 0 Å². The highest BCUT2D eigenvalue weighted by Crippen LogP contribution is 2.35. The third-order valence-electron chi connectivity index (χ3n) is 3.31. The van der Waals surface area contributed by atoms with Crippen molar-refractivity contribution in [3.8, 4) is 16.9 Å². The van der Waals surface area contributed by atoms with E-state index >= 15 is 0 Å². The van der Waals surface area contributed by atoms with Crippen molar-refractivity contribution >= 4 is 17.7 Å². The molecule has 3 N–H and O–H groups in total. The summed E-state index contributed by atoms with van der Waals surface area (Å²) in [5.41, 5.74) is 1.93. The Bertz CT molecular complexity index is 817. The second kappa shape index (κ2) is 7.64. The number of hydrogen-bond acceptors (Lipinski definition) is 4. The average Bonchev–Trinajstić information content (AvgIpc) is 2.54. The standard InChI is InChI=1S/C16H15F3N2O3S/c1-25-7-6-24-10-4-2-9(3-5-10)11-8-12(14(20)22)15(23)21-13(11)16(17,18)19/h2-5,8H,6-7H2,1H3,(H2,20,22)(H,21,23). The largest absolute Gasteiger partial charge is 0.493 e. The Hall–Kier alpha value is -2.42. The first-order chi connectivity index (χ1) is 11.7. The molecule has 0 bridgehead atoms. The van der Waals surface area contributed by atoms with Crippen LogP contribution < -0.4 is 16.0 Å². The fraction of sp³-hybridized carbons (Fsp3) is 0.250. The van der Waals surface area contributed by atoms with Crippen LogP contribution in [0.25, 0.3) is 11.1 Å². The van der Waals surface area contributed by atoms with E-state index in [1.807, 2.05) is 6.26 Å². The number of hydrogen-bond donors (Lipinski definition) is 2. The number of aromatic nitrogens is 1. The molecule has 1 heterocycles. The Morgan fingerprint density at radius 3 is 2.44 bits per heavy atom. The molecule has 0 radical (unpaired) electrons. The molecule has 1 aromatic carbocycles. The van der Waals surface area contributed by atoms with Crippen LogP contribution in [-0.4, -0.2) is 29.5 Å². The first-order valence-electron chi connectivity index (χ1n) is 7.10. The van der Waals surface area contributed by atoms with Crippen LogP contribution in [0.4, 0.5) is 13.2 Å². The minimum absolute atomic E-state index is 0.170. The van der Waals surface area contributed by atoms with E-state index in [2.05, 4.69) is 0 Å². The Morgan fingerprint density at radius 2 is 1.92 bits per heavy atom. The lowest BCUT2D eigenvalue weighted by molar-refractivity contribution is -0.140. The van der Waals surface area contributed by atoms with Crippen molar-refractivity contribution in [1.29, 1.82) is 0 Å². The summed E-state index contributed by atoms with van der Waals surface area (Å²) < 4.78 is 45.1. The van der Waals surface area contributed by atoms with Crippen LogP contribution in [0.15, 0.2) is 35.1 Å². The Balaban J connectivity index is 2.47. The first-order valence-corrected chi connectivity index (χ1v) is 8.50. The molecule has 0 fully saturated rings. The van der Waals surface area contributed by atoms with Gasteiger partial charge in [0, 0.05) is 11.3 Å². The Labute approximate surface area is 145 Å². The lowest BCUT2D eigenvalue weighted by Gasteiger charge is -2.14. The third kappa shape index (κ3) is 4.56. The minimum atomic E-state index is -4.79. The summed E-state index contributed by atoms with van der Waals surface area (Å²) in [4.78, 5) is 24.6. The highest BCUT2D eigenvalue weighted by atomic mass is 32.2. The van der Waals surface area contributed by atoms with Crippen LogP contribution in [0, 0.1) is 0 Å². The van der Waals surface area contributed by atoms with Gasteiger partial charge in [0.2, 0.25) is 0 Å². The zero-order valence-corrected chi connectivity index (χ0v) is 14.0. The van der Waals surface area contributed by atoms with E-state index in [-0.39, 0.29) is 11.1 Å². The molecule has 0 atom stereocenters. The number of ether oxygens (including phenoxy) is 1. The van der Waals surface area contributed by atoms with Gasteiger partial charge in [-0.1, -0.05) is 12.1 Å². The quantitative estimate of drug-likeness (QED) is 0.764. The molecular weight excluding hydrogens is 357 g/mol. The molecule has 0 unspecified atom stereocenters. The van der Waals surface area contributed by atoms with Gasteiger partial charge in [-0.3, -0.25) is 9.59 Å². The van der Waals surface area contributed by atoms with Crippen molar-refractivity contribution in [3.63, 3.8) is 0 Å². The molecule has 2 rings (SSSR count). The highest BCUT2D eigenvalue weighted by molar-refractivity contribution is 7.98. The number of benzene rings is 1. The topological polar surface area (TPSA) is 85.2 Å². The van der Waals surface area contributed by atoms with Crippen molar-refractivity contribution in [1.82, 2.24) is 4.98 Å². The summed E-state index contributed by atoms with van der Waals surface area (Å²) in [6.07, 6.45) is -2.87. The van der Waals surface area contributed by atoms with Gasteiger partial charge in [-0.2, -0.15) is 24.9 Å². The van der Waals surface area contributed by atoms with Crippen LogP contribution in [0.3, 0.4) is 0 Å². The lowest BCUT2D eigenvalue weighted by Crippen LogP contribution is -2.27.